The maximum Gasteiger partial charge on any atom is 0.185 e. The molecule has 0 amide bonds. The van der Waals surface area contributed by atoms with Crippen molar-refractivity contribution < 1.29 is 9.90 Å². The Morgan fingerprint density at radius 2 is 1.61 bits per heavy atom. The van der Waals surface area contributed by atoms with E-state index in [1.54, 1.807) is 54.6 Å². The van der Waals surface area contributed by atoms with Gasteiger partial charge in [-0.1, -0.05) is 29.8 Å². The van der Waals surface area contributed by atoms with Crippen LogP contribution in [0.3, 0.4) is 0 Å². The summed E-state index contributed by atoms with van der Waals surface area (Å²) in [5, 5.41) is 9.74. The molecule has 0 saturated heterocycles. The number of allylic oxidation sites excluding steroid dienone is 1. The largest absolute Gasteiger partial charge is 0.508 e. The van der Waals surface area contributed by atoms with Crippen molar-refractivity contribution in [1.82, 2.24) is 0 Å². The van der Waals surface area contributed by atoms with Crippen LogP contribution in [0.25, 0.3) is 6.08 Å². The van der Waals surface area contributed by atoms with Crippen molar-refractivity contribution in [2.24, 2.45) is 0 Å². The standard InChI is InChI=1S/C15H11ClO2/c16-13-6-4-12(5-7-13)15(18)10-3-11-1-8-14(17)9-2-11/h1-10,17H. The Kier molecular flexibility index (Phi) is 3.80. The lowest BCUT2D eigenvalue weighted by Crippen LogP contribution is -1.92. The van der Waals surface area contributed by atoms with Gasteiger partial charge >= 0.3 is 0 Å². The predicted octanol–water partition coefficient (Wildman–Crippen LogP) is 3.94. The lowest BCUT2D eigenvalue weighted by Gasteiger charge is -1.96. The van der Waals surface area contributed by atoms with Crippen LogP contribution in [0.1, 0.15) is 15.9 Å². The lowest BCUT2D eigenvalue weighted by molar-refractivity contribution is 0.104. The van der Waals surface area contributed by atoms with Gasteiger partial charge in [0.2, 0.25) is 0 Å². The first-order chi connectivity index (χ1) is 8.65. The van der Waals surface area contributed by atoms with E-state index in [9.17, 15) is 4.79 Å². The zero-order valence-corrected chi connectivity index (χ0v) is 10.3. The molecule has 18 heavy (non-hydrogen) atoms. The summed E-state index contributed by atoms with van der Waals surface area (Å²) in [4.78, 5) is 11.8. The Morgan fingerprint density at radius 1 is 1.00 bits per heavy atom. The van der Waals surface area contributed by atoms with Gasteiger partial charge in [0.25, 0.3) is 0 Å². The van der Waals surface area contributed by atoms with E-state index in [0.717, 1.165) is 5.56 Å². The maximum absolute atomic E-state index is 11.8. The predicted molar refractivity (Wildman–Crippen MR) is 72.9 cm³/mol. The van der Waals surface area contributed by atoms with Crippen molar-refractivity contribution in [3.63, 3.8) is 0 Å². The minimum Gasteiger partial charge on any atom is -0.508 e. The Labute approximate surface area is 110 Å². The van der Waals surface area contributed by atoms with Crippen molar-refractivity contribution in [2.45, 2.75) is 0 Å². The van der Waals surface area contributed by atoms with Crippen molar-refractivity contribution in [2.75, 3.05) is 0 Å². The third kappa shape index (κ3) is 3.22. The van der Waals surface area contributed by atoms with Gasteiger partial charge < -0.3 is 5.11 Å². The van der Waals surface area contributed by atoms with E-state index < -0.39 is 0 Å². The number of phenolic OH excluding ortho intramolecular Hbond substituents is 1. The van der Waals surface area contributed by atoms with E-state index in [1.807, 2.05) is 0 Å². The Balaban J connectivity index is 2.11. The Hall–Kier alpha value is -2.06. The number of carbonyl (C=O) groups excluding carboxylic acids is 1. The van der Waals surface area contributed by atoms with Gasteiger partial charge in [0.15, 0.2) is 5.78 Å². The van der Waals surface area contributed by atoms with E-state index in [0.29, 0.717) is 10.6 Å². The molecular weight excluding hydrogens is 248 g/mol. The zero-order valence-electron chi connectivity index (χ0n) is 9.51. The summed E-state index contributed by atoms with van der Waals surface area (Å²) >= 11 is 5.75. The summed E-state index contributed by atoms with van der Waals surface area (Å²) in [5.41, 5.74) is 1.45. The first-order valence-corrected chi connectivity index (χ1v) is 5.80. The SMILES string of the molecule is O=C(C=Cc1ccc(O)cc1)c1ccc(Cl)cc1. The summed E-state index contributed by atoms with van der Waals surface area (Å²) in [6.07, 6.45) is 3.20. The van der Waals surface area contributed by atoms with Crippen LogP contribution in [0.2, 0.25) is 5.02 Å². The van der Waals surface area contributed by atoms with Crippen LogP contribution in [0.4, 0.5) is 0 Å². The highest BCUT2D eigenvalue weighted by Gasteiger charge is 2.00. The van der Waals surface area contributed by atoms with Gasteiger partial charge in [0.05, 0.1) is 0 Å². The van der Waals surface area contributed by atoms with Gasteiger partial charge in [-0.3, -0.25) is 4.79 Å². The van der Waals surface area contributed by atoms with Gasteiger partial charge in [0.1, 0.15) is 5.75 Å². The number of hydrogen-bond acceptors (Lipinski definition) is 2. The molecule has 0 aliphatic carbocycles. The summed E-state index contributed by atoms with van der Waals surface area (Å²) < 4.78 is 0. The quantitative estimate of drug-likeness (QED) is 0.669. The highest BCUT2D eigenvalue weighted by Crippen LogP contribution is 2.13. The van der Waals surface area contributed by atoms with Gasteiger partial charge in [-0.15, -0.1) is 0 Å². The minimum absolute atomic E-state index is 0.0836. The van der Waals surface area contributed by atoms with Crippen molar-refractivity contribution >= 4 is 23.5 Å². The fraction of sp³-hybridized carbons (Fsp3) is 0. The second-order valence-corrected chi connectivity index (χ2v) is 4.23. The second-order valence-electron chi connectivity index (χ2n) is 3.80. The normalized spacial score (nSPS) is 10.7. The lowest BCUT2D eigenvalue weighted by atomic mass is 10.1. The average Bonchev–Trinajstić information content (AvgIpc) is 2.38. The van der Waals surface area contributed by atoms with E-state index in [1.165, 1.54) is 6.08 Å². The van der Waals surface area contributed by atoms with Gasteiger partial charge in [-0.2, -0.15) is 0 Å². The first kappa shape index (κ1) is 12.4. The molecule has 90 valence electrons. The molecule has 0 aliphatic rings. The monoisotopic (exact) mass is 258 g/mol. The third-order valence-electron chi connectivity index (χ3n) is 2.45. The molecule has 0 atom stereocenters. The van der Waals surface area contributed by atoms with E-state index in [2.05, 4.69) is 0 Å². The number of ketones is 1. The number of aromatic hydroxyl groups is 1. The molecule has 0 heterocycles. The molecule has 2 nitrogen and oxygen atoms in total. The van der Waals surface area contributed by atoms with Gasteiger partial charge in [0, 0.05) is 10.6 Å². The molecule has 0 bridgehead atoms. The van der Waals surface area contributed by atoms with Crippen LogP contribution in [0.5, 0.6) is 5.75 Å². The van der Waals surface area contributed by atoms with Crippen LogP contribution in [-0.2, 0) is 0 Å². The molecule has 0 saturated carbocycles. The van der Waals surface area contributed by atoms with Crippen molar-refractivity contribution in [3.05, 3.63) is 70.8 Å². The highest BCUT2D eigenvalue weighted by atomic mass is 35.5. The molecule has 0 unspecified atom stereocenters. The van der Waals surface area contributed by atoms with Gasteiger partial charge in [-0.05, 0) is 48.0 Å². The smallest absolute Gasteiger partial charge is 0.185 e. The highest BCUT2D eigenvalue weighted by molar-refractivity contribution is 6.30. The molecule has 3 heteroatoms. The average molecular weight is 259 g/mol. The molecular formula is C15H11ClO2. The summed E-state index contributed by atoms with van der Waals surface area (Å²) in [6.45, 7) is 0. The van der Waals surface area contributed by atoms with Crippen LogP contribution >= 0.6 is 11.6 Å². The summed E-state index contributed by atoms with van der Waals surface area (Å²) in [6, 6.07) is 13.4. The molecule has 2 aromatic carbocycles. The van der Waals surface area contributed by atoms with E-state index in [-0.39, 0.29) is 11.5 Å². The van der Waals surface area contributed by atoms with E-state index in [4.69, 9.17) is 16.7 Å². The van der Waals surface area contributed by atoms with Crippen LogP contribution in [-0.4, -0.2) is 10.9 Å². The number of rotatable bonds is 3. The summed E-state index contributed by atoms with van der Waals surface area (Å²) in [5.74, 6) is 0.121. The van der Waals surface area contributed by atoms with E-state index >= 15 is 0 Å². The van der Waals surface area contributed by atoms with Crippen molar-refractivity contribution in [1.29, 1.82) is 0 Å². The number of benzene rings is 2. The molecule has 0 radical (unpaired) electrons. The summed E-state index contributed by atoms with van der Waals surface area (Å²) in [7, 11) is 0. The molecule has 2 aromatic rings. The number of phenols is 1. The Bertz CT molecular complexity index is 568. The van der Waals surface area contributed by atoms with Crippen LogP contribution in [0, 0.1) is 0 Å². The fourth-order valence-corrected chi connectivity index (χ4v) is 1.59. The van der Waals surface area contributed by atoms with Crippen molar-refractivity contribution in [3.8, 4) is 5.75 Å². The molecule has 0 fully saturated rings. The van der Waals surface area contributed by atoms with Crippen LogP contribution in [0.15, 0.2) is 54.6 Å². The van der Waals surface area contributed by atoms with Gasteiger partial charge in [-0.25, -0.2) is 0 Å². The molecule has 0 spiro atoms. The number of halogens is 1. The fourth-order valence-electron chi connectivity index (χ4n) is 1.47. The molecule has 0 aromatic heterocycles. The molecule has 0 aliphatic heterocycles. The third-order valence-corrected chi connectivity index (χ3v) is 2.70. The molecule has 2 rings (SSSR count). The number of carbonyl (C=O) groups is 1. The number of hydrogen-bond donors (Lipinski definition) is 1. The Morgan fingerprint density at radius 3 is 2.22 bits per heavy atom. The maximum atomic E-state index is 11.8. The van der Waals surface area contributed by atoms with Crippen LogP contribution < -0.4 is 0 Å². The second kappa shape index (κ2) is 5.52. The topological polar surface area (TPSA) is 37.3 Å². The minimum atomic E-state index is -0.0836. The zero-order chi connectivity index (χ0) is 13.0. The molecule has 1 N–H and O–H groups in total. The first-order valence-electron chi connectivity index (χ1n) is 5.42.